The van der Waals surface area contributed by atoms with Crippen LogP contribution < -0.4 is 10.9 Å². The van der Waals surface area contributed by atoms with E-state index in [-0.39, 0.29) is 17.1 Å². The van der Waals surface area contributed by atoms with Gasteiger partial charge in [-0.1, -0.05) is 41.9 Å². The normalized spacial score (nSPS) is 11.8. The van der Waals surface area contributed by atoms with Crippen LogP contribution in [0.3, 0.4) is 0 Å². The number of anilines is 1. The lowest BCUT2D eigenvalue weighted by Crippen LogP contribution is -2.32. The zero-order valence-electron chi connectivity index (χ0n) is 20.8. The predicted molar refractivity (Wildman–Crippen MR) is 151 cm³/mol. The molecule has 1 amide bonds. The third kappa shape index (κ3) is 5.32. The van der Waals surface area contributed by atoms with Crippen molar-refractivity contribution in [1.82, 2.24) is 9.55 Å². The van der Waals surface area contributed by atoms with Gasteiger partial charge in [-0.15, -0.1) is 11.3 Å². The second-order valence-electron chi connectivity index (χ2n) is 8.72. The number of benzene rings is 3. The van der Waals surface area contributed by atoms with Gasteiger partial charge >= 0.3 is 5.97 Å². The molecule has 2 heterocycles. The minimum atomic E-state index is -1.20. The molecule has 10 heteroatoms. The van der Waals surface area contributed by atoms with Crippen LogP contribution in [-0.4, -0.2) is 27.5 Å². The molecular formula is C29H21ClFN3O4S. The Morgan fingerprint density at radius 1 is 1.00 bits per heavy atom. The molecule has 0 saturated heterocycles. The van der Waals surface area contributed by atoms with Gasteiger partial charge in [0.1, 0.15) is 11.5 Å². The summed E-state index contributed by atoms with van der Waals surface area (Å²) in [5, 5.41) is 6.19. The van der Waals surface area contributed by atoms with E-state index in [4.69, 9.17) is 16.3 Å². The van der Waals surface area contributed by atoms with Crippen LogP contribution in [-0.2, 0) is 16.6 Å². The number of rotatable bonds is 6. The molecule has 1 N–H and O–H groups in total. The molecule has 39 heavy (non-hydrogen) atoms. The molecule has 2 aromatic heterocycles. The molecule has 0 aliphatic carbocycles. The molecule has 196 valence electrons. The maximum atomic E-state index is 13.5. The number of thiazole rings is 1. The topological polar surface area (TPSA) is 90.3 Å². The molecule has 5 rings (SSSR count). The fraction of sp³-hybridized carbons (Fsp3) is 0.103. The first-order valence-electron chi connectivity index (χ1n) is 11.8. The smallest absolute Gasteiger partial charge is 0.356 e. The molecular weight excluding hydrogens is 541 g/mol. The maximum Gasteiger partial charge on any atom is 0.356 e. The highest BCUT2D eigenvalue weighted by Gasteiger charge is 2.27. The number of pyridine rings is 1. The van der Waals surface area contributed by atoms with E-state index in [1.807, 2.05) is 0 Å². The van der Waals surface area contributed by atoms with E-state index >= 15 is 0 Å². The second kappa shape index (κ2) is 10.8. The van der Waals surface area contributed by atoms with E-state index in [9.17, 15) is 18.8 Å². The summed E-state index contributed by atoms with van der Waals surface area (Å²) in [6, 6.07) is 19.7. The number of hydrogen-bond donors (Lipinski definition) is 1. The number of carbonyl (C=O) groups is 2. The minimum Gasteiger partial charge on any atom is -0.448 e. The molecule has 1 atom stereocenters. The molecule has 0 spiro atoms. The molecule has 0 radical (unpaired) electrons. The largest absolute Gasteiger partial charge is 0.448 e. The molecule has 0 bridgehead atoms. The first kappa shape index (κ1) is 26.3. The number of ether oxygens (including phenoxy) is 1. The Morgan fingerprint density at radius 2 is 1.64 bits per heavy atom. The Balaban J connectivity index is 1.42. The molecule has 0 aliphatic rings. The highest BCUT2D eigenvalue weighted by Crippen LogP contribution is 2.32. The third-order valence-electron chi connectivity index (χ3n) is 6.16. The van der Waals surface area contributed by atoms with Gasteiger partial charge in [0.15, 0.2) is 11.2 Å². The van der Waals surface area contributed by atoms with Crippen LogP contribution in [0.1, 0.15) is 17.4 Å². The summed E-state index contributed by atoms with van der Waals surface area (Å²) in [7, 11) is 1.49. The van der Waals surface area contributed by atoms with Crippen molar-refractivity contribution < 1.29 is 18.7 Å². The van der Waals surface area contributed by atoms with E-state index in [2.05, 4.69) is 10.3 Å². The van der Waals surface area contributed by atoms with Crippen LogP contribution in [0.15, 0.2) is 83.0 Å². The van der Waals surface area contributed by atoms with Gasteiger partial charge in [0.2, 0.25) is 0 Å². The van der Waals surface area contributed by atoms with Gasteiger partial charge in [-0.05, 0) is 60.3 Å². The highest BCUT2D eigenvalue weighted by molar-refractivity contribution is 7.14. The standard InChI is InChI=1S/C29H21ClFN3O4S/c1-16(26(35)33-29-32-23(15-39-29)17-9-13-20(31)14-10-17)38-28(37)25-24(18-7-11-19(30)12-8-18)21-5-3-4-6-22(21)27(36)34(25)2/h3-16H,1-2H3,(H,32,33,35). The Labute approximate surface area is 231 Å². The minimum absolute atomic E-state index is 0.00789. The molecule has 1 unspecified atom stereocenters. The van der Waals surface area contributed by atoms with E-state index in [1.54, 1.807) is 66.0 Å². The van der Waals surface area contributed by atoms with E-state index in [1.165, 1.54) is 42.0 Å². The van der Waals surface area contributed by atoms with Crippen LogP contribution in [0.25, 0.3) is 33.2 Å². The van der Waals surface area contributed by atoms with Crippen molar-refractivity contribution in [3.05, 3.63) is 105 Å². The first-order chi connectivity index (χ1) is 18.7. The monoisotopic (exact) mass is 561 g/mol. The number of halogens is 2. The predicted octanol–water partition coefficient (Wildman–Crippen LogP) is 6.31. The number of fused-ring (bicyclic) bond motifs is 1. The zero-order valence-corrected chi connectivity index (χ0v) is 22.3. The Hall–Kier alpha value is -4.34. The molecule has 0 saturated carbocycles. The highest BCUT2D eigenvalue weighted by atomic mass is 35.5. The lowest BCUT2D eigenvalue weighted by molar-refractivity contribution is -0.123. The molecule has 0 fully saturated rings. The number of aromatic nitrogens is 2. The SMILES string of the molecule is CC(OC(=O)c1c(-c2ccc(Cl)cc2)c2ccccc2c(=O)n1C)C(=O)Nc1nc(-c2ccc(F)cc2)cs1. The quantitative estimate of drug-likeness (QED) is 0.246. The first-order valence-corrected chi connectivity index (χ1v) is 13.1. The van der Waals surface area contributed by atoms with Gasteiger partial charge in [0.05, 0.1) is 5.69 Å². The van der Waals surface area contributed by atoms with Gasteiger partial charge in [-0.3, -0.25) is 14.9 Å². The average molecular weight is 562 g/mol. The number of hydrogen-bond acceptors (Lipinski definition) is 6. The Kier molecular flexibility index (Phi) is 7.28. The summed E-state index contributed by atoms with van der Waals surface area (Å²) in [5.41, 5.74) is 2.05. The van der Waals surface area contributed by atoms with Crippen molar-refractivity contribution in [3.8, 4) is 22.4 Å². The van der Waals surface area contributed by atoms with Gasteiger partial charge in [-0.2, -0.15) is 0 Å². The zero-order chi connectivity index (χ0) is 27.7. The second-order valence-corrected chi connectivity index (χ2v) is 10.0. The van der Waals surface area contributed by atoms with Gasteiger partial charge in [-0.25, -0.2) is 14.2 Å². The van der Waals surface area contributed by atoms with E-state index < -0.39 is 18.0 Å². The lowest BCUT2D eigenvalue weighted by atomic mass is 9.96. The summed E-state index contributed by atoms with van der Waals surface area (Å²) >= 11 is 7.26. The van der Waals surface area contributed by atoms with Crippen LogP contribution in [0.4, 0.5) is 9.52 Å². The van der Waals surface area contributed by atoms with Crippen LogP contribution >= 0.6 is 22.9 Å². The average Bonchev–Trinajstić information content (AvgIpc) is 3.39. The fourth-order valence-corrected chi connectivity index (χ4v) is 5.02. The van der Waals surface area contributed by atoms with Gasteiger partial charge < -0.3 is 9.30 Å². The lowest BCUT2D eigenvalue weighted by Gasteiger charge is -2.18. The van der Waals surface area contributed by atoms with Crippen molar-refractivity contribution in [2.24, 2.45) is 7.05 Å². The summed E-state index contributed by atoms with van der Waals surface area (Å²) in [6.45, 7) is 1.43. The van der Waals surface area contributed by atoms with Crippen LogP contribution in [0, 0.1) is 5.82 Å². The van der Waals surface area contributed by atoms with Crippen molar-refractivity contribution >= 4 is 50.7 Å². The summed E-state index contributed by atoms with van der Waals surface area (Å²) in [4.78, 5) is 43.8. The summed E-state index contributed by atoms with van der Waals surface area (Å²) < 4.78 is 20.0. The summed E-state index contributed by atoms with van der Waals surface area (Å²) in [5.74, 6) is -1.79. The van der Waals surface area contributed by atoms with Crippen LogP contribution in [0.2, 0.25) is 5.02 Å². The molecule has 5 aromatic rings. The maximum absolute atomic E-state index is 13.5. The molecule has 3 aromatic carbocycles. The van der Waals surface area contributed by atoms with E-state index in [0.717, 1.165) is 0 Å². The number of esters is 1. The van der Waals surface area contributed by atoms with Crippen molar-refractivity contribution in [2.45, 2.75) is 13.0 Å². The van der Waals surface area contributed by atoms with Crippen LogP contribution in [0.5, 0.6) is 0 Å². The van der Waals surface area contributed by atoms with Gasteiger partial charge in [0.25, 0.3) is 11.5 Å². The van der Waals surface area contributed by atoms with Crippen molar-refractivity contribution in [2.75, 3.05) is 5.32 Å². The Morgan fingerprint density at radius 3 is 2.33 bits per heavy atom. The number of nitrogens with zero attached hydrogens (tertiary/aromatic N) is 2. The Bertz CT molecular complexity index is 1760. The number of nitrogens with one attached hydrogen (secondary N) is 1. The van der Waals surface area contributed by atoms with Crippen molar-refractivity contribution in [1.29, 1.82) is 0 Å². The van der Waals surface area contributed by atoms with Gasteiger partial charge in [0, 0.05) is 34.0 Å². The number of amides is 1. The molecule has 0 aliphatic heterocycles. The summed E-state index contributed by atoms with van der Waals surface area (Å²) in [6.07, 6.45) is -1.20. The molecule has 7 nitrogen and oxygen atoms in total. The number of carbonyl (C=O) groups excluding carboxylic acids is 2. The third-order valence-corrected chi connectivity index (χ3v) is 7.17. The fourth-order valence-electron chi connectivity index (χ4n) is 4.17. The van der Waals surface area contributed by atoms with E-state index in [0.29, 0.717) is 43.3 Å². The van der Waals surface area contributed by atoms with Crippen molar-refractivity contribution in [3.63, 3.8) is 0 Å².